The molecule has 0 aliphatic heterocycles. The summed E-state index contributed by atoms with van der Waals surface area (Å²) in [6.45, 7) is 1.16. The number of aliphatic carboxylic acids is 1. The third-order valence-electron chi connectivity index (χ3n) is 2.50. The van der Waals surface area contributed by atoms with E-state index in [0.29, 0.717) is 0 Å². The second-order valence-corrected chi connectivity index (χ2v) is 4.19. The molecule has 1 aromatic rings. The van der Waals surface area contributed by atoms with Crippen LogP contribution in [-0.2, 0) is 15.8 Å². The molecule has 0 aliphatic rings. The summed E-state index contributed by atoms with van der Waals surface area (Å²) in [7, 11) is 0. The number of hydrogen-bond acceptors (Lipinski definition) is 3. The number of carbonyl (C=O) groups excluding carboxylic acids is 1. The van der Waals surface area contributed by atoms with Crippen LogP contribution in [0.3, 0.4) is 0 Å². The number of alkyl halides is 3. The highest BCUT2D eigenvalue weighted by Gasteiger charge is 2.34. The number of benzene rings is 1. The van der Waals surface area contributed by atoms with E-state index in [-0.39, 0.29) is 13.0 Å². The van der Waals surface area contributed by atoms with Crippen molar-refractivity contribution in [2.24, 2.45) is 0 Å². The Balaban J connectivity index is 2.68. The summed E-state index contributed by atoms with van der Waals surface area (Å²) in [6.07, 6.45) is -6.05. The zero-order chi connectivity index (χ0) is 16.0. The number of carboxylic acids is 1. The van der Waals surface area contributed by atoms with Crippen molar-refractivity contribution in [2.75, 3.05) is 6.54 Å². The zero-order valence-electron chi connectivity index (χ0n) is 11.1. The third-order valence-corrected chi connectivity index (χ3v) is 2.50. The van der Waals surface area contributed by atoms with Crippen LogP contribution in [0.1, 0.15) is 18.9 Å². The fourth-order valence-electron chi connectivity index (χ4n) is 1.48. The van der Waals surface area contributed by atoms with E-state index in [0.717, 1.165) is 12.1 Å². The molecule has 0 aliphatic carbocycles. The summed E-state index contributed by atoms with van der Waals surface area (Å²) in [6, 6.07) is 4.54. The van der Waals surface area contributed by atoms with Gasteiger partial charge in [0.1, 0.15) is 5.75 Å². The first-order valence-corrected chi connectivity index (χ1v) is 6.04. The SMILES string of the molecule is CC(Oc1ccccc1C(F)(F)F)C(=O)NCCC(=O)O. The first-order valence-electron chi connectivity index (χ1n) is 6.04. The monoisotopic (exact) mass is 305 g/mol. The molecular formula is C13H14F3NO4. The van der Waals surface area contributed by atoms with E-state index in [1.165, 1.54) is 19.1 Å². The lowest BCUT2D eigenvalue weighted by Gasteiger charge is -2.18. The fourth-order valence-corrected chi connectivity index (χ4v) is 1.48. The molecular weight excluding hydrogens is 291 g/mol. The van der Waals surface area contributed by atoms with Gasteiger partial charge < -0.3 is 15.2 Å². The number of amides is 1. The molecule has 116 valence electrons. The summed E-state index contributed by atoms with van der Waals surface area (Å²) < 4.78 is 43.2. The maximum Gasteiger partial charge on any atom is 0.419 e. The van der Waals surface area contributed by atoms with Crippen molar-refractivity contribution >= 4 is 11.9 Å². The van der Waals surface area contributed by atoms with Gasteiger partial charge in [-0.1, -0.05) is 12.1 Å². The quantitative estimate of drug-likeness (QED) is 0.843. The van der Waals surface area contributed by atoms with Crippen LogP contribution < -0.4 is 10.1 Å². The summed E-state index contributed by atoms with van der Waals surface area (Å²) in [5, 5.41) is 10.7. The first-order chi connectivity index (χ1) is 9.71. The van der Waals surface area contributed by atoms with E-state index in [1.807, 2.05) is 0 Å². The van der Waals surface area contributed by atoms with Gasteiger partial charge in [-0.15, -0.1) is 0 Å². The number of carbonyl (C=O) groups is 2. The minimum absolute atomic E-state index is 0.122. The summed E-state index contributed by atoms with van der Waals surface area (Å²) in [5.74, 6) is -2.23. The molecule has 0 bridgehead atoms. The topological polar surface area (TPSA) is 75.6 Å². The smallest absolute Gasteiger partial charge is 0.419 e. The molecule has 1 aromatic carbocycles. The van der Waals surface area contributed by atoms with E-state index >= 15 is 0 Å². The molecule has 0 saturated heterocycles. The van der Waals surface area contributed by atoms with Crippen LogP contribution in [0.25, 0.3) is 0 Å². The normalized spacial score (nSPS) is 12.6. The van der Waals surface area contributed by atoms with Crippen LogP contribution in [0.2, 0.25) is 0 Å². The molecule has 2 N–H and O–H groups in total. The average molecular weight is 305 g/mol. The number of nitrogens with one attached hydrogen (secondary N) is 1. The molecule has 0 aromatic heterocycles. The maximum absolute atomic E-state index is 12.7. The molecule has 0 spiro atoms. The molecule has 0 fully saturated rings. The highest BCUT2D eigenvalue weighted by molar-refractivity contribution is 5.81. The molecule has 0 radical (unpaired) electrons. The molecule has 8 heteroatoms. The van der Waals surface area contributed by atoms with Crippen molar-refractivity contribution < 1.29 is 32.6 Å². The van der Waals surface area contributed by atoms with Crippen molar-refractivity contribution in [3.8, 4) is 5.75 Å². The number of para-hydroxylation sites is 1. The highest BCUT2D eigenvalue weighted by Crippen LogP contribution is 2.36. The second kappa shape index (κ2) is 6.96. The molecule has 1 unspecified atom stereocenters. The van der Waals surface area contributed by atoms with Gasteiger partial charge in [-0.25, -0.2) is 0 Å². The standard InChI is InChI=1S/C13H14F3NO4/c1-8(12(20)17-7-6-11(18)19)21-10-5-3-2-4-9(10)13(14,15)16/h2-5,8H,6-7H2,1H3,(H,17,20)(H,18,19). The Kier molecular flexibility index (Phi) is 5.57. The van der Waals surface area contributed by atoms with Crippen LogP contribution >= 0.6 is 0 Å². The van der Waals surface area contributed by atoms with Crippen molar-refractivity contribution in [2.45, 2.75) is 25.6 Å². The van der Waals surface area contributed by atoms with Gasteiger partial charge in [0.25, 0.3) is 5.91 Å². The van der Waals surface area contributed by atoms with Crippen molar-refractivity contribution in [3.05, 3.63) is 29.8 Å². The number of carboxylic acid groups (broad SMARTS) is 1. The molecule has 0 saturated carbocycles. The van der Waals surface area contributed by atoms with Crippen LogP contribution in [0.4, 0.5) is 13.2 Å². The molecule has 1 rings (SSSR count). The molecule has 0 heterocycles. The molecule has 1 amide bonds. The van der Waals surface area contributed by atoms with Crippen molar-refractivity contribution in [1.82, 2.24) is 5.32 Å². The van der Waals surface area contributed by atoms with Gasteiger partial charge in [0.05, 0.1) is 12.0 Å². The van der Waals surface area contributed by atoms with E-state index in [4.69, 9.17) is 9.84 Å². The predicted octanol–water partition coefficient (Wildman–Crippen LogP) is 2.06. The van der Waals surface area contributed by atoms with E-state index < -0.39 is 35.5 Å². The molecule has 5 nitrogen and oxygen atoms in total. The third kappa shape index (κ3) is 5.33. The van der Waals surface area contributed by atoms with Gasteiger partial charge in [-0.2, -0.15) is 13.2 Å². The Morgan fingerprint density at radius 2 is 1.95 bits per heavy atom. The van der Waals surface area contributed by atoms with Crippen molar-refractivity contribution in [1.29, 1.82) is 0 Å². The lowest BCUT2D eigenvalue weighted by Crippen LogP contribution is -2.37. The number of halogens is 3. The predicted molar refractivity (Wildman–Crippen MR) is 66.8 cm³/mol. The minimum Gasteiger partial charge on any atom is -0.481 e. The maximum atomic E-state index is 12.7. The fraction of sp³-hybridized carbons (Fsp3) is 0.385. The molecule has 21 heavy (non-hydrogen) atoms. The Bertz CT molecular complexity index is 516. The van der Waals surface area contributed by atoms with E-state index in [9.17, 15) is 22.8 Å². The van der Waals surface area contributed by atoms with E-state index in [1.54, 1.807) is 0 Å². The summed E-state index contributed by atoms with van der Waals surface area (Å²) >= 11 is 0. The largest absolute Gasteiger partial charge is 0.481 e. The first kappa shape index (κ1) is 16.8. The number of rotatable bonds is 6. The summed E-state index contributed by atoms with van der Waals surface area (Å²) in [5.41, 5.74) is -0.977. The van der Waals surface area contributed by atoms with Crippen LogP contribution in [0, 0.1) is 0 Å². The van der Waals surface area contributed by atoms with Crippen LogP contribution in [0.5, 0.6) is 5.75 Å². The number of hydrogen-bond donors (Lipinski definition) is 2. The Labute approximate surface area is 118 Å². The van der Waals surface area contributed by atoms with Crippen molar-refractivity contribution in [3.63, 3.8) is 0 Å². The van der Waals surface area contributed by atoms with Gasteiger partial charge in [0.15, 0.2) is 6.10 Å². The highest BCUT2D eigenvalue weighted by atomic mass is 19.4. The van der Waals surface area contributed by atoms with Gasteiger partial charge in [-0.05, 0) is 19.1 Å². The molecule has 1 atom stereocenters. The van der Waals surface area contributed by atoms with Gasteiger partial charge in [0, 0.05) is 6.54 Å². The van der Waals surface area contributed by atoms with Gasteiger partial charge in [-0.3, -0.25) is 9.59 Å². The second-order valence-electron chi connectivity index (χ2n) is 4.19. The average Bonchev–Trinajstić information content (AvgIpc) is 2.37. The van der Waals surface area contributed by atoms with E-state index in [2.05, 4.69) is 5.32 Å². The number of ether oxygens (including phenoxy) is 1. The Morgan fingerprint density at radius 1 is 1.33 bits per heavy atom. The minimum atomic E-state index is -4.59. The lowest BCUT2D eigenvalue weighted by molar-refractivity contribution is -0.141. The zero-order valence-corrected chi connectivity index (χ0v) is 11.1. The van der Waals surface area contributed by atoms with Gasteiger partial charge in [0.2, 0.25) is 0 Å². The Hall–Kier alpha value is -2.25. The van der Waals surface area contributed by atoms with Crippen LogP contribution in [0.15, 0.2) is 24.3 Å². The van der Waals surface area contributed by atoms with Gasteiger partial charge >= 0.3 is 12.1 Å². The summed E-state index contributed by atoms with van der Waals surface area (Å²) in [4.78, 5) is 21.9. The Morgan fingerprint density at radius 3 is 2.52 bits per heavy atom. The lowest BCUT2D eigenvalue weighted by atomic mass is 10.2. The van der Waals surface area contributed by atoms with Crippen LogP contribution in [-0.4, -0.2) is 29.6 Å².